The maximum absolute atomic E-state index is 10.6. The van der Waals surface area contributed by atoms with Gasteiger partial charge in [0.05, 0.1) is 13.2 Å². The van der Waals surface area contributed by atoms with E-state index in [1.807, 2.05) is 0 Å². The van der Waals surface area contributed by atoms with E-state index in [4.69, 9.17) is 5.11 Å². The molecular weight excluding hydrogens is 148 g/mol. The summed E-state index contributed by atoms with van der Waals surface area (Å²) in [6.45, 7) is 2.10. The highest BCUT2D eigenvalue weighted by Crippen LogP contribution is 1.85. The predicted octanol–water partition coefficient (Wildman–Crippen LogP) is -0.382. The number of aliphatic hydroxyl groups is 1. The minimum Gasteiger partial charge on any atom is -0.393 e. The Hall–Kier alpha value is -0.810. The Kier molecular flexibility index (Phi) is 5.50. The van der Waals surface area contributed by atoms with E-state index in [9.17, 15) is 4.79 Å². The molecule has 0 aliphatic heterocycles. The van der Waals surface area contributed by atoms with Gasteiger partial charge in [0.25, 0.3) is 0 Å². The standard InChI is InChI=1S/C6H14N2O3/c1-5(9)3-4-7-6(10)8-11-2/h5,9H,3-4H2,1-2H3,(H2,7,8,10). The van der Waals surface area contributed by atoms with Crippen LogP contribution in [0.4, 0.5) is 4.79 Å². The molecule has 0 aliphatic carbocycles. The molecular formula is C6H14N2O3. The molecule has 0 bridgehead atoms. The topological polar surface area (TPSA) is 70.6 Å². The number of amides is 2. The van der Waals surface area contributed by atoms with Crippen LogP contribution < -0.4 is 10.8 Å². The van der Waals surface area contributed by atoms with Gasteiger partial charge in [-0.05, 0) is 13.3 Å². The number of urea groups is 1. The molecule has 5 heteroatoms. The molecule has 0 aromatic carbocycles. The number of carbonyl (C=O) groups excluding carboxylic acids is 1. The van der Waals surface area contributed by atoms with Crippen LogP contribution in [-0.2, 0) is 4.84 Å². The first-order chi connectivity index (χ1) is 5.16. The molecule has 0 aliphatic rings. The molecule has 1 unspecified atom stereocenters. The molecule has 5 nitrogen and oxygen atoms in total. The van der Waals surface area contributed by atoms with Crippen LogP contribution in [0.1, 0.15) is 13.3 Å². The zero-order valence-electron chi connectivity index (χ0n) is 6.76. The smallest absolute Gasteiger partial charge is 0.338 e. The van der Waals surface area contributed by atoms with Gasteiger partial charge in [0.15, 0.2) is 0 Å². The van der Waals surface area contributed by atoms with E-state index in [1.54, 1.807) is 6.92 Å². The molecule has 66 valence electrons. The molecule has 0 spiro atoms. The van der Waals surface area contributed by atoms with Gasteiger partial charge in [-0.15, -0.1) is 0 Å². The fourth-order valence-corrected chi connectivity index (χ4v) is 0.523. The fraction of sp³-hybridized carbons (Fsp3) is 0.833. The average molecular weight is 162 g/mol. The molecule has 0 aromatic heterocycles. The summed E-state index contributed by atoms with van der Waals surface area (Å²) >= 11 is 0. The Balaban J connectivity index is 3.17. The van der Waals surface area contributed by atoms with E-state index in [0.29, 0.717) is 13.0 Å². The maximum Gasteiger partial charge on any atom is 0.338 e. The Labute approximate surface area is 65.7 Å². The van der Waals surface area contributed by atoms with Gasteiger partial charge in [-0.3, -0.25) is 4.84 Å². The normalized spacial score (nSPS) is 12.3. The lowest BCUT2D eigenvalue weighted by Crippen LogP contribution is -2.36. The third-order valence-corrected chi connectivity index (χ3v) is 1.04. The summed E-state index contributed by atoms with van der Waals surface area (Å²) in [7, 11) is 1.36. The van der Waals surface area contributed by atoms with Crippen LogP contribution in [-0.4, -0.2) is 30.9 Å². The number of nitrogens with one attached hydrogen (secondary N) is 2. The van der Waals surface area contributed by atoms with Crippen LogP contribution in [0.2, 0.25) is 0 Å². The van der Waals surface area contributed by atoms with Crippen molar-refractivity contribution in [2.75, 3.05) is 13.7 Å². The van der Waals surface area contributed by atoms with Crippen molar-refractivity contribution in [3.8, 4) is 0 Å². The van der Waals surface area contributed by atoms with E-state index < -0.39 is 12.1 Å². The molecule has 0 radical (unpaired) electrons. The molecule has 0 aromatic rings. The number of rotatable bonds is 4. The van der Waals surface area contributed by atoms with Crippen molar-refractivity contribution in [1.82, 2.24) is 10.8 Å². The SMILES string of the molecule is CONC(=O)NCCC(C)O. The van der Waals surface area contributed by atoms with Crippen LogP contribution in [0.5, 0.6) is 0 Å². The average Bonchev–Trinajstić information content (AvgIpc) is 1.87. The monoisotopic (exact) mass is 162 g/mol. The van der Waals surface area contributed by atoms with E-state index in [2.05, 4.69) is 15.6 Å². The number of carbonyl (C=O) groups is 1. The highest BCUT2D eigenvalue weighted by atomic mass is 16.6. The molecule has 1 atom stereocenters. The quantitative estimate of drug-likeness (QED) is 0.493. The largest absolute Gasteiger partial charge is 0.393 e. The first-order valence-electron chi connectivity index (χ1n) is 3.41. The summed E-state index contributed by atoms with van der Waals surface area (Å²) < 4.78 is 0. The van der Waals surface area contributed by atoms with Gasteiger partial charge in [0, 0.05) is 6.54 Å². The van der Waals surface area contributed by atoms with Gasteiger partial charge in [-0.2, -0.15) is 0 Å². The van der Waals surface area contributed by atoms with Crippen molar-refractivity contribution in [2.24, 2.45) is 0 Å². The summed E-state index contributed by atoms with van der Waals surface area (Å²) in [6.07, 6.45) is 0.148. The van der Waals surface area contributed by atoms with E-state index >= 15 is 0 Å². The first-order valence-corrected chi connectivity index (χ1v) is 3.41. The molecule has 0 fully saturated rings. The van der Waals surface area contributed by atoms with Crippen molar-refractivity contribution in [2.45, 2.75) is 19.4 Å². The third kappa shape index (κ3) is 7.08. The highest BCUT2D eigenvalue weighted by molar-refractivity contribution is 5.72. The Morgan fingerprint density at radius 1 is 1.73 bits per heavy atom. The molecule has 2 amide bonds. The second kappa shape index (κ2) is 5.94. The Bertz CT molecular complexity index is 116. The number of hydrogen-bond donors (Lipinski definition) is 3. The van der Waals surface area contributed by atoms with E-state index in [0.717, 1.165) is 0 Å². The van der Waals surface area contributed by atoms with Gasteiger partial charge >= 0.3 is 6.03 Å². The molecule has 0 rings (SSSR count). The zero-order valence-corrected chi connectivity index (χ0v) is 6.76. The van der Waals surface area contributed by atoms with Crippen molar-refractivity contribution in [3.63, 3.8) is 0 Å². The number of hydroxylamine groups is 1. The van der Waals surface area contributed by atoms with Crippen molar-refractivity contribution in [1.29, 1.82) is 0 Å². The van der Waals surface area contributed by atoms with E-state index in [-0.39, 0.29) is 0 Å². The Morgan fingerprint density at radius 3 is 2.82 bits per heavy atom. The zero-order chi connectivity index (χ0) is 8.69. The summed E-state index contributed by atoms with van der Waals surface area (Å²) in [4.78, 5) is 14.9. The lowest BCUT2D eigenvalue weighted by atomic mass is 10.3. The third-order valence-electron chi connectivity index (χ3n) is 1.04. The van der Waals surface area contributed by atoms with Crippen LogP contribution in [0.25, 0.3) is 0 Å². The van der Waals surface area contributed by atoms with Crippen LogP contribution >= 0.6 is 0 Å². The minimum atomic E-state index is -0.395. The summed E-state index contributed by atoms with van der Waals surface area (Å²) in [5.74, 6) is 0. The summed E-state index contributed by atoms with van der Waals surface area (Å²) in [5.41, 5.74) is 2.09. The predicted molar refractivity (Wildman–Crippen MR) is 39.8 cm³/mol. The van der Waals surface area contributed by atoms with Gasteiger partial charge in [-0.1, -0.05) is 0 Å². The second-order valence-electron chi connectivity index (χ2n) is 2.20. The number of hydrogen-bond acceptors (Lipinski definition) is 3. The van der Waals surface area contributed by atoms with Gasteiger partial charge in [0.2, 0.25) is 0 Å². The van der Waals surface area contributed by atoms with Crippen molar-refractivity contribution < 1.29 is 14.7 Å². The van der Waals surface area contributed by atoms with Gasteiger partial charge in [0.1, 0.15) is 0 Å². The van der Waals surface area contributed by atoms with Gasteiger partial charge in [-0.25, -0.2) is 10.3 Å². The van der Waals surface area contributed by atoms with Crippen molar-refractivity contribution >= 4 is 6.03 Å². The van der Waals surface area contributed by atoms with Gasteiger partial charge < -0.3 is 10.4 Å². The van der Waals surface area contributed by atoms with Crippen LogP contribution in [0.15, 0.2) is 0 Å². The summed E-state index contributed by atoms with van der Waals surface area (Å²) in [6, 6.07) is -0.395. The lowest BCUT2D eigenvalue weighted by Gasteiger charge is -2.06. The number of aliphatic hydroxyl groups excluding tert-OH is 1. The fourth-order valence-electron chi connectivity index (χ4n) is 0.523. The van der Waals surface area contributed by atoms with E-state index in [1.165, 1.54) is 7.11 Å². The molecule has 0 heterocycles. The Morgan fingerprint density at radius 2 is 2.36 bits per heavy atom. The molecule has 11 heavy (non-hydrogen) atoms. The minimum absolute atomic E-state index is 0.391. The molecule has 0 saturated carbocycles. The maximum atomic E-state index is 10.6. The highest BCUT2D eigenvalue weighted by Gasteiger charge is 1.98. The lowest BCUT2D eigenvalue weighted by molar-refractivity contribution is 0.106. The van der Waals surface area contributed by atoms with Crippen molar-refractivity contribution in [3.05, 3.63) is 0 Å². The second-order valence-corrected chi connectivity index (χ2v) is 2.20. The summed E-state index contributed by atoms with van der Waals surface area (Å²) in [5, 5.41) is 11.3. The molecule has 0 saturated heterocycles. The first kappa shape index (κ1) is 10.2. The van der Waals surface area contributed by atoms with Crippen LogP contribution in [0, 0.1) is 0 Å². The van der Waals surface area contributed by atoms with Crippen LogP contribution in [0.3, 0.4) is 0 Å². The molecule has 3 N–H and O–H groups in total.